The largest absolute Gasteiger partial charge is 0.457 e. The van der Waals surface area contributed by atoms with E-state index in [1.165, 1.54) is 22.3 Å². The van der Waals surface area contributed by atoms with Gasteiger partial charge < -0.3 is 32.7 Å². The second-order valence-corrected chi connectivity index (χ2v) is 33.6. The summed E-state index contributed by atoms with van der Waals surface area (Å²) < 4.78 is 97.6. The van der Waals surface area contributed by atoms with Gasteiger partial charge in [-0.1, -0.05) is 279 Å². The molecule has 582 valence electrons. The molecule has 6 aliphatic rings. The molecule has 0 saturated heterocycles. The molecule has 0 radical (unpaired) electrons. The van der Waals surface area contributed by atoms with Gasteiger partial charge in [-0.15, -0.1) is 0 Å². The molecular formula is C117H67BN4O4. The van der Waals surface area contributed by atoms with Crippen LogP contribution in [0.5, 0.6) is 23.0 Å². The second kappa shape index (κ2) is 25.7. The van der Waals surface area contributed by atoms with Crippen LogP contribution in [0.3, 0.4) is 0 Å². The molecule has 19 aromatic carbocycles. The maximum Gasteiger partial charge on any atom is 0.252 e. The summed E-state index contributed by atoms with van der Waals surface area (Å²) in [5, 5.41) is 14.6. The van der Waals surface area contributed by atoms with E-state index >= 15 is 0 Å². The molecule has 126 heavy (non-hydrogen) atoms. The number of fused-ring (bicyclic) bond motifs is 31. The normalized spacial score (nSPS) is 14.7. The molecular weight excluding hydrogens is 1540 g/mol. The molecule has 4 aliphatic heterocycles. The lowest BCUT2D eigenvalue weighted by Gasteiger charge is -2.45. The van der Waals surface area contributed by atoms with Crippen LogP contribution in [0.15, 0.2) is 415 Å². The highest BCUT2D eigenvalue weighted by Gasteiger charge is 2.54. The van der Waals surface area contributed by atoms with Gasteiger partial charge in [0.2, 0.25) is 0 Å². The summed E-state index contributed by atoms with van der Waals surface area (Å²) in [6.07, 6.45) is 0. The van der Waals surface area contributed by atoms with Gasteiger partial charge in [0.1, 0.15) is 45.3 Å². The first kappa shape index (κ1) is 62.5. The third kappa shape index (κ3) is 9.24. The fraction of sp³-hybridized carbons (Fsp3) is 0.0171. The van der Waals surface area contributed by atoms with Gasteiger partial charge in [-0.2, -0.15) is 5.26 Å². The highest BCUT2D eigenvalue weighted by Crippen LogP contribution is 2.66. The van der Waals surface area contributed by atoms with E-state index in [9.17, 15) is 14.9 Å². The number of para-hydroxylation sites is 8. The number of hydrogen-bond donors (Lipinski definition) is 0. The Morgan fingerprint density at radius 3 is 1.39 bits per heavy atom. The number of aromatic nitrogens is 1. The second-order valence-electron chi connectivity index (χ2n) is 33.6. The van der Waals surface area contributed by atoms with Gasteiger partial charge in [0, 0.05) is 99.7 Å². The summed E-state index contributed by atoms with van der Waals surface area (Å²) in [6, 6.07) is 128. The lowest BCUT2D eigenvalue weighted by Crippen LogP contribution is -2.61. The summed E-state index contributed by atoms with van der Waals surface area (Å²) >= 11 is 0. The van der Waals surface area contributed by atoms with Gasteiger partial charge in [-0.3, -0.25) is 0 Å². The van der Waals surface area contributed by atoms with Crippen LogP contribution in [0.1, 0.15) is 59.7 Å². The minimum atomic E-state index is -0.841. The predicted molar refractivity (Wildman–Crippen MR) is 511 cm³/mol. The van der Waals surface area contributed by atoms with E-state index in [-0.39, 0.29) is 27.4 Å². The molecule has 2 aliphatic carbocycles. The van der Waals surface area contributed by atoms with Gasteiger partial charge in [0.05, 0.1) is 54.5 Å². The summed E-state index contributed by atoms with van der Waals surface area (Å²) in [6.45, 7) is -0.633. The van der Waals surface area contributed by atoms with Crippen molar-refractivity contribution < 1.29 is 27.9 Å². The Morgan fingerprint density at radius 1 is 0.294 bits per heavy atom. The Labute approximate surface area is 734 Å². The number of furan rings is 2. The molecule has 0 fully saturated rings. The minimum absolute atomic E-state index is 0.0137. The zero-order chi connectivity index (χ0) is 88.4. The van der Waals surface area contributed by atoms with Crippen molar-refractivity contribution in [1.82, 2.24) is 4.57 Å². The molecule has 0 bridgehead atoms. The molecule has 0 unspecified atom stereocenters. The van der Waals surface area contributed by atoms with Crippen molar-refractivity contribution in [2.75, 3.05) is 9.80 Å². The topological polar surface area (TPSA) is 79.9 Å². The van der Waals surface area contributed by atoms with Crippen molar-refractivity contribution >= 4 is 123 Å². The summed E-state index contributed by atoms with van der Waals surface area (Å²) in [5.41, 5.74) is 29.5. The highest BCUT2D eigenvalue weighted by atomic mass is 16.5. The Morgan fingerprint density at radius 2 is 0.770 bits per heavy atom. The van der Waals surface area contributed by atoms with Gasteiger partial charge in [0.25, 0.3) is 6.71 Å². The molecule has 28 rings (SSSR count). The van der Waals surface area contributed by atoms with Crippen LogP contribution in [-0.4, -0.2) is 11.3 Å². The zero-order valence-corrected chi connectivity index (χ0v) is 67.1. The first-order valence-corrected chi connectivity index (χ1v) is 42.6. The molecule has 0 atom stereocenters. The fourth-order valence-corrected chi connectivity index (χ4v) is 22.6. The lowest BCUT2D eigenvalue weighted by atomic mass is 9.33. The van der Waals surface area contributed by atoms with Crippen molar-refractivity contribution in [3.8, 4) is 102 Å². The van der Waals surface area contributed by atoms with Crippen molar-refractivity contribution in [3.05, 3.63) is 456 Å². The molecule has 3 aromatic heterocycles. The molecule has 0 N–H and O–H groups in total. The van der Waals surface area contributed by atoms with E-state index < -0.39 is 59.8 Å². The third-order valence-corrected chi connectivity index (χ3v) is 27.6. The predicted octanol–water partition coefficient (Wildman–Crippen LogP) is 28.1. The number of nitrogens with zero attached hydrogens (tertiary/aromatic N) is 4. The van der Waals surface area contributed by atoms with Crippen molar-refractivity contribution in [3.63, 3.8) is 0 Å². The Balaban J connectivity index is 0.758. The Kier molecular flexibility index (Phi) is 12.7. The average molecular weight is 1610 g/mol. The Bertz CT molecular complexity index is 9030. The summed E-state index contributed by atoms with van der Waals surface area (Å²) in [7, 11) is 0. The smallest absolute Gasteiger partial charge is 0.252 e. The van der Waals surface area contributed by atoms with Crippen LogP contribution in [0, 0.1) is 11.3 Å². The maximum absolute atomic E-state index is 10.8. The Hall–Kier alpha value is -16.7. The van der Waals surface area contributed by atoms with Crippen LogP contribution >= 0.6 is 0 Å². The maximum atomic E-state index is 10.8. The van der Waals surface area contributed by atoms with Crippen molar-refractivity contribution in [1.29, 1.82) is 5.26 Å². The van der Waals surface area contributed by atoms with Gasteiger partial charge in [-0.25, -0.2) is 0 Å². The van der Waals surface area contributed by atoms with Crippen molar-refractivity contribution in [2.24, 2.45) is 0 Å². The summed E-state index contributed by atoms with van der Waals surface area (Å²) in [5.74, 6) is 3.05. The molecule has 0 amide bonds. The van der Waals surface area contributed by atoms with E-state index in [4.69, 9.17) is 18.3 Å². The number of anilines is 6. The van der Waals surface area contributed by atoms with Crippen LogP contribution < -0.4 is 35.7 Å². The minimum Gasteiger partial charge on any atom is -0.457 e. The van der Waals surface area contributed by atoms with E-state index in [2.05, 4.69) is 325 Å². The fourth-order valence-electron chi connectivity index (χ4n) is 22.6. The molecule has 0 saturated carbocycles. The van der Waals surface area contributed by atoms with E-state index in [0.29, 0.717) is 11.4 Å². The lowest BCUT2D eigenvalue weighted by molar-refractivity contribution is 0.436. The van der Waals surface area contributed by atoms with E-state index in [1.54, 1.807) is 4.57 Å². The van der Waals surface area contributed by atoms with Gasteiger partial charge in [0.15, 0.2) is 0 Å². The van der Waals surface area contributed by atoms with Crippen molar-refractivity contribution in [2.45, 2.75) is 10.8 Å². The van der Waals surface area contributed by atoms with Gasteiger partial charge >= 0.3 is 0 Å². The van der Waals surface area contributed by atoms with Gasteiger partial charge in [-0.05, 0) is 216 Å². The highest BCUT2D eigenvalue weighted by molar-refractivity contribution is 7.00. The molecule has 22 aromatic rings. The zero-order valence-electron chi connectivity index (χ0n) is 74.1. The first-order valence-electron chi connectivity index (χ1n) is 46.1. The molecule has 9 heteroatoms. The van der Waals surface area contributed by atoms with E-state index in [0.717, 1.165) is 201 Å². The number of nitriles is 1. The molecule has 7 heterocycles. The van der Waals surface area contributed by atoms with Crippen LogP contribution in [0.4, 0.5) is 34.1 Å². The summed E-state index contributed by atoms with van der Waals surface area (Å²) in [4.78, 5) is 4.85. The van der Waals surface area contributed by atoms with Crippen LogP contribution in [-0.2, 0) is 10.8 Å². The SMILES string of the molecule is [2H]c1c([2H])c([2H])c2c(c1[2H])c1c([2H])c(C#N)c([2H])c([2H])c1n2-c1ccc2c(c1)N(c1ccccc1-c1ccc3c(c1)C1(c4ccccc4O3)c3ccccc3-c3ccccc31)c1cc(-c3ccc4oc5ccccc5c4c3)cc3c1B2c1cc(-c2cccc4c2oc2ccccc24)ccc1N3c1ccccc1-c1ccc2c(c1)C1(c3ccccc3O2)c2ccccc2-c2ccccc21. The van der Waals surface area contributed by atoms with E-state index in [1.807, 2.05) is 54.6 Å². The first-order chi connectivity index (χ1) is 65.3. The number of hydrogen-bond acceptors (Lipinski definition) is 7. The van der Waals surface area contributed by atoms with Crippen LogP contribution in [0.2, 0.25) is 0 Å². The monoisotopic (exact) mass is 1610 g/mol. The van der Waals surface area contributed by atoms with Crippen LogP contribution in [0.25, 0.3) is 138 Å². The number of ether oxygens (including phenoxy) is 2. The number of rotatable bonds is 7. The third-order valence-electron chi connectivity index (χ3n) is 27.6. The quantitative estimate of drug-likeness (QED) is 0.147. The standard InChI is InChI=1S/C117H67BN4O4/c119-68-69-48-55-102-87(60-69)83-30-7-18-43-101(83)120(102)75-53-54-97-104(67-75)122(100-42-17-6-25-77(100)72-52-59-113-96(63-72)117(94-40-15-22-47-111(94)125-113)91-37-12-3-28-81(91)82-29-4-13-38-92(82)117)106-66-74(70-50-57-109-88(61-70)85-32-9-19-44-107(85)123-109)65-105-114(106)118(97)98-64-73(78-33-23-34-86-84-31-8-20-45-108(84)126-115(78)86)49-56-103(98)121(105)99-41-16-5-24-76(99)71-51-58-112-95(62-71)116(93-39-14-21-46-110(93)124-112)89-35-10-1-26-79(89)80-27-2-11-36-90(80)116/h1-67H/i7D,18D,30D,43D,48D,55D,60D. The average Bonchev–Trinajstić information content (AvgIpc) is 1.60. The molecule has 2 spiro atoms. The number of benzene rings is 19. The molecule has 8 nitrogen and oxygen atoms in total.